The first-order valence-electron chi connectivity index (χ1n) is 5.11. The molecule has 0 saturated carbocycles. The summed E-state index contributed by atoms with van der Waals surface area (Å²) in [7, 11) is 0. The molecule has 0 aliphatic rings. The molecule has 1 aromatic heterocycles. The van der Waals surface area contributed by atoms with Crippen LogP contribution in [0.2, 0.25) is 0 Å². The minimum Gasteiger partial charge on any atom is -0.359 e. The zero-order valence-electron chi connectivity index (χ0n) is 9.55. The Morgan fingerprint density at radius 2 is 2.37 bits per heavy atom. The maximum atomic E-state index is 13.0. The van der Waals surface area contributed by atoms with Crippen LogP contribution in [0.3, 0.4) is 0 Å². The Morgan fingerprint density at radius 3 is 3.00 bits per heavy atom. The number of hydrogen-bond acceptors (Lipinski definition) is 5. The fraction of sp³-hybridized carbons (Fsp3) is 0. The van der Waals surface area contributed by atoms with Crippen LogP contribution in [0.25, 0.3) is 5.57 Å². The second kappa shape index (κ2) is 5.43. The SMILES string of the molecule is C#Cc1cc(F)ccc1NC=C(C#N)c1nn[nH]n1. The monoisotopic (exact) mass is 254 g/mol. The fourth-order valence-corrected chi connectivity index (χ4v) is 1.33. The van der Waals surface area contributed by atoms with Crippen molar-refractivity contribution in [2.75, 3.05) is 5.32 Å². The third-order valence-electron chi connectivity index (χ3n) is 2.22. The molecule has 0 radical (unpaired) electrons. The van der Waals surface area contributed by atoms with Gasteiger partial charge in [-0.2, -0.15) is 10.5 Å². The van der Waals surface area contributed by atoms with Gasteiger partial charge in [0.2, 0.25) is 5.82 Å². The predicted molar refractivity (Wildman–Crippen MR) is 65.7 cm³/mol. The molecule has 1 heterocycles. The van der Waals surface area contributed by atoms with Crippen molar-refractivity contribution in [3.05, 3.63) is 41.6 Å². The van der Waals surface area contributed by atoms with Crippen molar-refractivity contribution >= 4 is 11.3 Å². The lowest BCUT2D eigenvalue weighted by atomic mass is 10.2. The molecule has 0 bridgehead atoms. The first-order valence-corrected chi connectivity index (χ1v) is 5.11. The fourth-order valence-electron chi connectivity index (χ4n) is 1.33. The van der Waals surface area contributed by atoms with E-state index >= 15 is 0 Å². The van der Waals surface area contributed by atoms with E-state index in [0.29, 0.717) is 11.3 Å². The third kappa shape index (κ3) is 2.73. The second-order valence-corrected chi connectivity index (χ2v) is 3.38. The highest BCUT2D eigenvalue weighted by molar-refractivity contribution is 5.74. The number of anilines is 1. The van der Waals surface area contributed by atoms with Gasteiger partial charge in [0.15, 0.2) is 0 Å². The number of nitrogens with zero attached hydrogens (tertiary/aromatic N) is 4. The van der Waals surface area contributed by atoms with E-state index in [4.69, 9.17) is 11.7 Å². The molecule has 6 nitrogen and oxygen atoms in total. The van der Waals surface area contributed by atoms with Crippen molar-refractivity contribution in [1.82, 2.24) is 20.6 Å². The molecule has 2 N–H and O–H groups in total. The van der Waals surface area contributed by atoms with Crippen LogP contribution in [0, 0.1) is 29.5 Å². The highest BCUT2D eigenvalue weighted by Gasteiger charge is 2.06. The van der Waals surface area contributed by atoms with Gasteiger partial charge in [-0.1, -0.05) is 5.92 Å². The number of H-pyrrole nitrogens is 1. The van der Waals surface area contributed by atoms with E-state index in [1.165, 1.54) is 24.4 Å². The molecular weight excluding hydrogens is 247 g/mol. The number of nitriles is 1. The van der Waals surface area contributed by atoms with Crippen LogP contribution < -0.4 is 5.32 Å². The number of rotatable bonds is 3. The van der Waals surface area contributed by atoms with Gasteiger partial charge in [-0.05, 0) is 23.4 Å². The van der Waals surface area contributed by atoms with E-state index in [9.17, 15) is 4.39 Å². The summed E-state index contributed by atoms with van der Waals surface area (Å²) in [6.45, 7) is 0. The summed E-state index contributed by atoms with van der Waals surface area (Å²) >= 11 is 0. The highest BCUT2D eigenvalue weighted by atomic mass is 19.1. The lowest BCUT2D eigenvalue weighted by Gasteiger charge is -2.04. The summed E-state index contributed by atoms with van der Waals surface area (Å²) in [5.74, 6) is 2.07. The lowest BCUT2D eigenvalue weighted by molar-refractivity contribution is 0.627. The molecule has 0 saturated heterocycles. The van der Waals surface area contributed by atoms with Gasteiger partial charge in [-0.25, -0.2) is 4.39 Å². The lowest BCUT2D eigenvalue weighted by Crippen LogP contribution is -1.95. The molecule has 0 fully saturated rings. The van der Waals surface area contributed by atoms with Gasteiger partial charge in [0.05, 0.1) is 11.3 Å². The number of aromatic amines is 1. The van der Waals surface area contributed by atoms with Gasteiger partial charge in [-0.15, -0.1) is 16.6 Å². The maximum absolute atomic E-state index is 13.0. The van der Waals surface area contributed by atoms with Gasteiger partial charge >= 0.3 is 0 Å². The summed E-state index contributed by atoms with van der Waals surface area (Å²) in [4.78, 5) is 0. The first kappa shape index (κ1) is 12.3. The zero-order chi connectivity index (χ0) is 13.7. The second-order valence-electron chi connectivity index (χ2n) is 3.38. The molecule has 0 atom stereocenters. The summed E-state index contributed by atoms with van der Waals surface area (Å²) in [6.07, 6.45) is 6.64. The summed E-state index contributed by atoms with van der Waals surface area (Å²) in [6, 6.07) is 5.87. The van der Waals surface area contributed by atoms with Crippen molar-refractivity contribution in [1.29, 1.82) is 5.26 Å². The van der Waals surface area contributed by atoms with Crippen LogP contribution in [-0.4, -0.2) is 20.6 Å². The van der Waals surface area contributed by atoms with E-state index in [2.05, 4.69) is 31.9 Å². The average molecular weight is 254 g/mol. The standard InChI is InChI=1S/C12H7FN6/c1-2-8-5-10(13)3-4-11(8)15-7-9(6-14)12-16-18-19-17-12/h1,3-5,7,15H,(H,16,17,18,19). The molecule has 2 aromatic rings. The molecule has 19 heavy (non-hydrogen) atoms. The molecule has 7 heteroatoms. The Hall–Kier alpha value is -3.19. The Balaban J connectivity index is 2.28. The summed E-state index contributed by atoms with van der Waals surface area (Å²) < 4.78 is 13.0. The van der Waals surface area contributed by atoms with Gasteiger partial charge in [0, 0.05) is 6.20 Å². The van der Waals surface area contributed by atoms with Crippen LogP contribution in [0.15, 0.2) is 24.4 Å². The predicted octanol–water partition coefficient (Wildman–Crippen LogP) is 1.30. The maximum Gasteiger partial charge on any atom is 0.216 e. The van der Waals surface area contributed by atoms with Crippen molar-refractivity contribution in [3.63, 3.8) is 0 Å². The Bertz CT molecular complexity index is 690. The van der Waals surface area contributed by atoms with Gasteiger partial charge in [0.25, 0.3) is 0 Å². The highest BCUT2D eigenvalue weighted by Crippen LogP contribution is 2.17. The van der Waals surface area contributed by atoms with Crippen LogP contribution in [-0.2, 0) is 0 Å². The Kier molecular flexibility index (Phi) is 3.51. The van der Waals surface area contributed by atoms with E-state index in [-0.39, 0.29) is 11.4 Å². The van der Waals surface area contributed by atoms with E-state index in [0.717, 1.165) is 0 Å². The molecule has 92 valence electrons. The summed E-state index contributed by atoms with van der Waals surface area (Å²) in [5.41, 5.74) is 1.02. The van der Waals surface area contributed by atoms with Crippen LogP contribution in [0.1, 0.15) is 11.4 Å². The normalized spacial score (nSPS) is 10.6. The number of tetrazole rings is 1. The molecule has 0 aliphatic heterocycles. The summed E-state index contributed by atoms with van der Waals surface area (Å²) in [5, 5.41) is 24.7. The number of nitrogens with one attached hydrogen (secondary N) is 2. The van der Waals surface area contributed by atoms with E-state index in [1.807, 2.05) is 6.07 Å². The van der Waals surface area contributed by atoms with Crippen molar-refractivity contribution in [3.8, 4) is 18.4 Å². The number of terminal acetylenes is 1. The molecule has 0 amide bonds. The van der Waals surface area contributed by atoms with Gasteiger partial charge in [0.1, 0.15) is 17.5 Å². The molecule has 0 aliphatic carbocycles. The molecular formula is C12H7FN6. The number of allylic oxidation sites excluding steroid dienone is 1. The van der Waals surface area contributed by atoms with Crippen molar-refractivity contribution < 1.29 is 4.39 Å². The largest absolute Gasteiger partial charge is 0.359 e. The molecule has 2 rings (SSSR count). The molecule has 0 spiro atoms. The van der Waals surface area contributed by atoms with Crippen LogP contribution in [0.5, 0.6) is 0 Å². The minimum atomic E-state index is -0.429. The topological polar surface area (TPSA) is 90.3 Å². The Labute approximate surface area is 108 Å². The van der Waals surface area contributed by atoms with Crippen molar-refractivity contribution in [2.45, 2.75) is 0 Å². The van der Waals surface area contributed by atoms with Gasteiger partial charge < -0.3 is 5.32 Å². The molecule has 0 unspecified atom stereocenters. The zero-order valence-corrected chi connectivity index (χ0v) is 9.55. The number of halogens is 1. The smallest absolute Gasteiger partial charge is 0.216 e. The van der Waals surface area contributed by atoms with Crippen LogP contribution >= 0.6 is 0 Å². The van der Waals surface area contributed by atoms with Crippen LogP contribution in [0.4, 0.5) is 10.1 Å². The number of benzene rings is 1. The first-order chi connectivity index (χ1) is 9.24. The van der Waals surface area contributed by atoms with Crippen molar-refractivity contribution in [2.24, 2.45) is 0 Å². The Morgan fingerprint density at radius 1 is 1.53 bits per heavy atom. The van der Waals surface area contributed by atoms with E-state index < -0.39 is 5.82 Å². The average Bonchev–Trinajstić information content (AvgIpc) is 2.94. The third-order valence-corrected chi connectivity index (χ3v) is 2.22. The molecule has 1 aromatic carbocycles. The number of aromatic nitrogens is 4. The van der Waals surface area contributed by atoms with Gasteiger partial charge in [-0.3, -0.25) is 0 Å². The van der Waals surface area contributed by atoms with E-state index in [1.54, 1.807) is 0 Å². The number of hydrogen-bond donors (Lipinski definition) is 2. The minimum absolute atomic E-state index is 0.152. The quantitative estimate of drug-likeness (QED) is 0.636.